The van der Waals surface area contributed by atoms with Crippen LogP contribution in [0.25, 0.3) is 0 Å². The van der Waals surface area contributed by atoms with E-state index in [0.717, 1.165) is 18.5 Å². The summed E-state index contributed by atoms with van der Waals surface area (Å²) in [6.45, 7) is 0. The zero-order chi connectivity index (χ0) is 9.10. The zero-order valence-electron chi connectivity index (χ0n) is 7.23. The van der Waals surface area contributed by atoms with Crippen LogP contribution in [0.15, 0.2) is 10.7 Å². The van der Waals surface area contributed by atoms with Crippen LogP contribution in [0, 0.1) is 0 Å². The molecule has 1 aromatic heterocycles. The van der Waals surface area contributed by atoms with Gasteiger partial charge in [0.25, 0.3) is 0 Å². The Morgan fingerprint density at radius 3 is 3.38 bits per heavy atom. The summed E-state index contributed by atoms with van der Waals surface area (Å²) in [5.74, 6) is 1.98. The molecule has 1 aliphatic rings. The maximum atomic E-state index is 10.6. The molecule has 1 aliphatic heterocycles. The second-order valence-corrected chi connectivity index (χ2v) is 4.57. The lowest BCUT2D eigenvalue weighted by atomic mass is 10.1. The van der Waals surface area contributed by atoms with Crippen molar-refractivity contribution in [2.45, 2.75) is 24.5 Å². The van der Waals surface area contributed by atoms with E-state index in [4.69, 9.17) is 4.52 Å². The Bertz CT molecular complexity index is 292. The maximum Gasteiger partial charge on any atom is 0.155 e. The molecule has 3 nitrogen and oxygen atoms in total. The van der Waals surface area contributed by atoms with E-state index in [1.807, 2.05) is 11.8 Å². The van der Waals surface area contributed by atoms with Crippen molar-refractivity contribution in [2.24, 2.45) is 0 Å². The van der Waals surface area contributed by atoms with Gasteiger partial charge < -0.3 is 4.52 Å². The average Bonchev–Trinajstić information content (AvgIpc) is 2.76. The average molecular weight is 197 g/mol. The minimum absolute atomic E-state index is 0.604. The van der Waals surface area contributed by atoms with Crippen LogP contribution in [-0.2, 0) is 6.42 Å². The quantitative estimate of drug-likeness (QED) is 0.694. The van der Waals surface area contributed by atoms with Crippen molar-refractivity contribution < 1.29 is 9.32 Å². The van der Waals surface area contributed by atoms with E-state index in [9.17, 15) is 4.79 Å². The molecule has 0 N–H and O–H groups in total. The van der Waals surface area contributed by atoms with E-state index >= 15 is 0 Å². The second kappa shape index (κ2) is 3.96. The smallest absolute Gasteiger partial charge is 0.155 e. The maximum absolute atomic E-state index is 10.6. The van der Waals surface area contributed by atoms with Gasteiger partial charge in [0.15, 0.2) is 6.29 Å². The Morgan fingerprint density at radius 2 is 2.69 bits per heavy atom. The molecule has 2 heterocycles. The van der Waals surface area contributed by atoms with Gasteiger partial charge in [0.1, 0.15) is 5.76 Å². The van der Waals surface area contributed by atoms with Crippen LogP contribution in [0.4, 0.5) is 0 Å². The number of hydrogen-bond acceptors (Lipinski definition) is 4. The lowest BCUT2D eigenvalue weighted by molar-refractivity contribution is 0.112. The van der Waals surface area contributed by atoms with Gasteiger partial charge in [-0.1, -0.05) is 5.16 Å². The van der Waals surface area contributed by atoms with Gasteiger partial charge in [0.05, 0.1) is 11.8 Å². The molecule has 0 aromatic carbocycles. The molecule has 70 valence electrons. The molecule has 0 bridgehead atoms. The molecule has 1 unspecified atom stereocenters. The first kappa shape index (κ1) is 8.81. The summed E-state index contributed by atoms with van der Waals surface area (Å²) in [4.78, 5) is 10.6. The van der Waals surface area contributed by atoms with Crippen molar-refractivity contribution in [3.63, 3.8) is 0 Å². The second-order valence-electron chi connectivity index (χ2n) is 3.16. The van der Waals surface area contributed by atoms with Gasteiger partial charge >= 0.3 is 0 Å². The van der Waals surface area contributed by atoms with Crippen LogP contribution in [0.3, 0.4) is 0 Å². The predicted octanol–water partition coefficient (Wildman–Crippen LogP) is 1.93. The topological polar surface area (TPSA) is 43.1 Å². The highest BCUT2D eigenvalue weighted by atomic mass is 32.2. The molecule has 2 rings (SSSR count). The minimum Gasteiger partial charge on any atom is -0.361 e. The molecule has 0 spiro atoms. The van der Waals surface area contributed by atoms with Crippen molar-refractivity contribution in [1.29, 1.82) is 0 Å². The Labute approximate surface area is 80.9 Å². The fourth-order valence-electron chi connectivity index (χ4n) is 1.53. The van der Waals surface area contributed by atoms with Crippen LogP contribution < -0.4 is 0 Å². The van der Waals surface area contributed by atoms with Crippen LogP contribution in [-0.4, -0.2) is 22.4 Å². The first-order chi connectivity index (χ1) is 6.40. The normalized spacial score (nSPS) is 22.0. The van der Waals surface area contributed by atoms with Gasteiger partial charge in [-0.05, 0) is 18.6 Å². The van der Waals surface area contributed by atoms with Crippen LogP contribution in [0.5, 0.6) is 0 Å². The third-order valence-corrected chi connectivity index (χ3v) is 3.64. The molecule has 0 saturated carbocycles. The van der Waals surface area contributed by atoms with Gasteiger partial charge in [-0.25, -0.2) is 0 Å². The lowest BCUT2D eigenvalue weighted by Gasteiger charge is -2.04. The van der Waals surface area contributed by atoms with Gasteiger partial charge in [0.2, 0.25) is 0 Å². The summed E-state index contributed by atoms with van der Waals surface area (Å²) in [5.41, 5.74) is 0.604. The van der Waals surface area contributed by atoms with Crippen LogP contribution in [0.1, 0.15) is 29.0 Å². The molecular formula is C9H11NO2S. The molecule has 13 heavy (non-hydrogen) atoms. The molecule has 1 atom stereocenters. The van der Waals surface area contributed by atoms with Crippen molar-refractivity contribution in [2.75, 3.05) is 5.75 Å². The molecule has 0 radical (unpaired) electrons. The predicted molar refractivity (Wildman–Crippen MR) is 51.1 cm³/mol. The van der Waals surface area contributed by atoms with E-state index in [-0.39, 0.29) is 0 Å². The third-order valence-electron chi connectivity index (χ3n) is 2.24. The summed E-state index contributed by atoms with van der Waals surface area (Å²) in [6, 6.07) is 0. The molecule has 4 heteroatoms. The Kier molecular flexibility index (Phi) is 2.68. The van der Waals surface area contributed by atoms with Crippen LogP contribution in [0.2, 0.25) is 0 Å². The third kappa shape index (κ3) is 1.94. The van der Waals surface area contributed by atoms with E-state index in [1.165, 1.54) is 24.8 Å². The first-order valence-corrected chi connectivity index (χ1v) is 5.45. The fourth-order valence-corrected chi connectivity index (χ4v) is 2.80. The van der Waals surface area contributed by atoms with Crippen molar-refractivity contribution in [1.82, 2.24) is 5.16 Å². The van der Waals surface area contributed by atoms with Crippen molar-refractivity contribution >= 4 is 18.0 Å². The number of carbonyl (C=O) groups excluding carboxylic acids is 1. The van der Waals surface area contributed by atoms with Crippen molar-refractivity contribution in [3.8, 4) is 0 Å². The molecule has 1 saturated heterocycles. The number of nitrogens with zero attached hydrogens (tertiary/aromatic N) is 1. The molecule has 0 aliphatic carbocycles. The van der Waals surface area contributed by atoms with E-state index in [1.54, 1.807) is 0 Å². The highest BCUT2D eigenvalue weighted by Crippen LogP contribution is 2.29. The summed E-state index contributed by atoms with van der Waals surface area (Å²) in [6.07, 6.45) is 5.65. The highest BCUT2D eigenvalue weighted by molar-refractivity contribution is 8.00. The summed E-state index contributed by atoms with van der Waals surface area (Å²) < 4.78 is 5.02. The van der Waals surface area contributed by atoms with Crippen LogP contribution >= 0.6 is 11.8 Å². The number of rotatable bonds is 3. The van der Waals surface area contributed by atoms with E-state index in [2.05, 4.69) is 5.16 Å². The monoisotopic (exact) mass is 197 g/mol. The molecule has 1 aromatic rings. The Morgan fingerprint density at radius 1 is 1.77 bits per heavy atom. The molecule has 0 amide bonds. The van der Waals surface area contributed by atoms with Crippen molar-refractivity contribution in [3.05, 3.63) is 17.5 Å². The summed E-state index contributed by atoms with van der Waals surface area (Å²) in [5, 5.41) is 4.24. The van der Waals surface area contributed by atoms with E-state index < -0.39 is 0 Å². The highest BCUT2D eigenvalue weighted by Gasteiger charge is 2.19. The Hall–Kier alpha value is -0.770. The molecule has 1 fully saturated rings. The summed E-state index contributed by atoms with van der Waals surface area (Å²) in [7, 11) is 0. The standard InChI is InChI=1S/C9H11NO2S/c11-6-7-5-10-12-9(7)4-8-2-1-3-13-8/h5-6,8H,1-4H2. The number of hydrogen-bond donors (Lipinski definition) is 0. The molecular weight excluding hydrogens is 186 g/mol. The first-order valence-electron chi connectivity index (χ1n) is 4.40. The summed E-state index contributed by atoms with van der Waals surface area (Å²) >= 11 is 1.96. The van der Waals surface area contributed by atoms with Gasteiger partial charge in [-0.15, -0.1) is 0 Å². The number of thioether (sulfide) groups is 1. The van der Waals surface area contributed by atoms with Gasteiger partial charge in [-0.2, -0.15) is 11.8 Å². The lowest BCUT2D eigenvalue weighted by Crippen LogP contribution is -2.02. The number of aromatic nitrogens is 1. The van der Waals surface area contributed by atoms with E-state index in [0.29, 0.717) is 10.8 Å². The zero-order valence-corrected chi connectivity index (χ0v) is 8.05. The van der Waals surface area contributed by atoms with Gasteiger partial charge in [-0.3, -0.25) is 4.79 Å². The number of aldehydes is 1. The minimum atomic E-state index is 0.604. The Balaban J connectivity index is 2.03. The SMILES string of the molecule is O=Cc1cnoc1CC1CCCS1. The van der Waals surface area contributed by atoms with Gasteiger partial charge in [0, 0.05) is 11.7 Å². The fraction of sp³-hybridized carbons (Fsp3) is 0.556. The largest absolute Gasteiger partial charge is 0.361 e. The number of carbonyl (C=O) groups is 1.